The first-order valence-corrected chi connectivity index (χ1v) is 10.2. The summed E-state index contributed by atoms with van der Waals surface area (Å²) in [7, 11) is 0. The van der Waals surface area contributed by atoms with E-state index in [-0.39, 0.29) is 41.5 Å². The van der Waals surface area contributed by atoms with Gasteiger partial charge in [-0.05, 0) is 64.9 Å². The first-order chi connectivity index (χ1) is 13.0. The maximum atomic E-state index is 14.0. The molecule has 1 saturated carbocycles. The van der Waals surface area contributed by atoms with Crippen LogP contribution in [0, 0.1) is 11.6 Å². The third kappa shape index (κ3) is 7.46. The van der Waals surface area contributed by atoms with Gasteiger partial charge in [0, 0.05) is 30.1 Å². The molecule has 3 atom stereocenters. The van der Waals surface area contributed by atoms with Gasteiger partial charge < -0.3 is 15.5 Å². The van der Waals surface area contributed by atoms with Crippen LogP contribution in [0.2, 0.25) is 0 Å². The molecule has 0 aliphatic heterocycles. The van der Waals surface area contributed by atoms with E-state index in [2.05, 4.69) is 41.3 Å². The maximum Gasteiger partial charge on any atom is 0.191 e. The number of nitrogens with one attached hydrogen (secondary N) is 2. The topological polar surface area (TPSA) is 39.7 Å². The lowest BCUT2D eigenvalue weighted by molar-refractivity contribution is 0.292. The van der Waals surface area contributed by atoms with E-state index in [0.717, 1.165) is 44.9 Å². The summed E-state index contributed by atoms with van der Waals surface area (Å²) in [6.07, 6.45) is 2.90. The van der Waals surface area contributed by atoms with Crippen LogP contribution >= 0.6 is 24.0 Å². The molecule has 28 heavy (non-hydrogen) atoms. The predicted molar refractivity (Wildman–Crippen MR) is 124 cm³/mol. The Bertz CT molecular complexity index is 602. The van der Waals surface area contributed by atoms with Crippen LogP contribution in [-0.4, -0.2) is 49.1 Å². The number of hydrogen-bond donors (Lipinski definition) is 2. The van der Waals surface area contributed by atoms with Gasteiger partial charge in [0.2, 0.25) is 0 Å². The van der Waals surface area contributed by atoms with Gasteiger partial charge in [-0.1, -0.05) is 19.9 Å². The van der Waals surface area contributed by atoms with Gasteiger partial charge in [-0.25, -0.2) is 8.78 Å². The Kier molecular flexibility index (Phi) is 11.3. The second kappa shape index (κ2) is 12.6. The molecule has 0 radical (unpaired) electrons. The highest BCUT2D eigenvalue weighted by Gasteiger charge is 2.42. The molecule has 1 aliphatic carbocycles. The number of benzene rings is 1. The van der Waals surface area contributed by atoms with Gasteiger partial charge in [-0.15, -0.1) is 24.0 Å². The molecular weight excluding hydrogens is 473 g/mol. The van der Waals surface area contributed by atoms with Crippen molar-refractivity contribution in [3.05, 3.63) is 35.4 Å². The summed E-state index contributed by atoms with van der Waals surface area (Å²) >= 11 is 0. The quantitative estimate of drug-likeness (QED) is 0.278. The number of nitrogens with zero attached hydrogens (tertiary/aromatic N) is 2. The van der Waals surface area contributed by atoms with E-state index in [1.807, 2.05) is 6.92 Å². The summed E-state index contributed by atoms with van der Waals surface area (Å²) in [5, 5.41) is 6.78. The molecule has 2 N–H and O–H groups in total. The smallest absolute Gasteiger partial charge is 0.191 e. The van der Waals surface area contributed by atoms with E-state index in [9.17, 15) is 8.78 Å². The molecule has 2 rings (SSSR count). The van der Waals surface area contributed by atoms with Crippen molar-refractivity contribution in [2.24, 2.45) is 4.99 Å². The Balaban J connectivity index is 0.00000392. The molecule has 0 heterocycles. The number of hydrogen-bond acceptors (Lipinski definition) is 2. The second-order valence-electron chi connectivity index (χ2n) is 7.27. The van der Waals surface area contributed by atoms with Crippen molar-refractivity contribution < 1.29 is 8.78 Å². The minimum Gasteiger partial charge on any atom is -0.354 e. The largest absolute Gasteiger partial charge is 0.354 e. The van der Waals surface area contributed by atoms with Gasteiger partial charge in [-0.2, -0.15) is 0 Å². The average Bonchev–Trinajstić information content (AvgIpc) is 3.37. The zero-order valence-electron chi connectivity index (χ0n) is 17.5. The molecule has 1 aromatic rings. The summed E-state index contributed by atoms with van der Waals surface area (Å²) in [5.74, 6) is -0.322. The maximum absolute atomic E-state index is 14.0. The molecule has 1 aliphatic rings. The summed E-state index contributed by atoms with van der Waals surface area (Å²) in [6, 6.07) is 4.37. The molecule has 0 bridgehead atoms. The highest BCUT2D eigenvalue weighted by Crippen LogP contribution is 2.43. The Hall–Kier alpha value is -0.960. The minimum atomic E-state index is -0.462. The van der Waals surface area contributed by atoms with E-state index >= 15 is 0 Å². The normalized spacial score (nSPS) is 19.9. The van der Waals surface area contributed by atoms with E-state index in [1.165, 1.54) is 18.2 Å². The second-order valence-corrected chi connectivity index (χ2v) is 7.27. The number of rotatable bonds is 10. The minimum absolute atomic E-state index is 0. The van der Waals surface area contributed by atoms with Crippen LogP contribution in [0.5, 0.6) is 0 Å². The monoisotopic (exact) mass is 508 g/mol. The SMILES string of the molecule is CCN=C(NC(C)CCCN(CC)CC)NC1CC1c1c(F)cccc1F.I. The van der Waals surface area contributed by atoms with E-state index in [0.29, 0.717) is 12.6 Å². The molecular formula is C21H35F2IN4. The number of halogens is 3. The Morgan fingerprint density at radius 1 is 1.21 bits per heavy atom. The predicted octanol–water partition coefficient (Wildman–Crippen LogP) is 4.50. The van der Waals surface area contributed by atoms with Crippen LogP contribution in [0.3, 0.4) is 0 Å². The van der Waals surface area contributed by atoms with Gasteiger partial charge in [0.25, 0.3) is 0 Å². The zero-order chi connectivity index (χ0) is 19.8. The lowest BCUT2D eigenvalue weighted by Gasteiger charge is -2.21. The van der Waals surface area contributed by atoms with Crippen LogP contribution in [0.25, 0.3) is 0 Å². The van der Waals surface area contributed by atoms with Crippen molar-refractivity contribution in [3.63, 3.8) is 0 Å². The summed E-state index contributed by atoms with van der Waals surface area (Å²) in [4.78, 5) is 6.91. The molecule has 0 spiro atoms. The van der Waals surface area contributed by atoms with Gasteiger partial charge in [0.1, 0.15) is 11.6 Å². The van der Waals surface area contributed by atoms with Gasteiger partial charge in [0.05, 0.1) is 0 Å². The molecule has 7 heteroatoms. The lowest BCUT2D eigenvalue weighted by atomic mass is 10.1. The Morgan fingerprint density at radius 3 is 2.43 bits per heavy atom. The van der Waals surface area contributed by atoms with Crippen LogP contribution < -0.4 is 10.6 Å². The molecule has 1 aromatic carbocycles. The van der Waals surface area contributed by atoms with Crippen molar-refractivity contribution in [3.8, 4) is 0 Å². The van der Waals surface area contributed by atoms with E-state index in [4.69, 9.17) is 0 Å². The fourth-order valence-electron chi connectivity index (χ4n) is 3.47. The van der Waals surface area contributed by atoms with E-state index in [1.54, 1.807) is 0 Å². The van der Waals surface area contributed by atoms with Crippen molar-refractivity contribution in [1.29, 1.82) is 0 Å². The molecule has 1 fully saturated rings. The van der Waals surface area contributed by atoms with Crippen LogP contribution in [0.15, 0.2) is 23.2 Å². The highest BCUT2D eigenvalue weighted by molar-refractivity contribution is 14.0. The standard InChI is InChI=1S/C21H34F2N4.HI/c1-5-24-21(25-15(4)10-9-13-27(6-2)7-3)26-19-14-16(19)20-17(22)11-8-12-18(20)23;/h8,11-12,15-16,19H,5-7,9-10,13-14H2,1-4H3,(H2,24,25,26);1H. The fourth-order valence-corrected chi connectivity index (χ4v) is 3.47. The van der Waals surface area contributed by atoms with Crippen molar-refractivity contribution >= 4 is 29.9 Å². The molecule has 4 nitrogen and oxygen atoms in total. The van der Waals surface area contributed by atoms with Crippen LogP contribution in [-0.2, 0) is 0 Å². The summed E-state index contributed by atoms with van der Waals surface area (Å²) in [5.41, 5.74) is 0.193. The molecule has 3 unspecified atom stereocenters. The Morgan fingerprint density at radius 2 is 1.86 bits per heavy atom. The van der Waals surface area contributed by atoms with Crippen LogP contribution in [0.4, 0.5) is 8.78 Å². The fraction of sp³-hybridized carbons (Fsp3) is 0.667. The first-order valence-electron chi connectivity index (χ1n) is 10.2. The summed E-state index contributed by atoms with van der Waals surface area (Å²) in [6.45, 7) is 12.4. The Labute approximate surface area is 185 Å². The molecule has 160 valence electrons. The van der Waals surface area contributed by atoms with Gasteiger partial charge >= 0.3 is 0 Å². The van der Waals surface area contributed by atoms with Crippen molar-refractivity contribution in [2.75, 3.05) is 26.2 Å². The van der Waals surface area contributed by atoms with Gasteiger partial charge in [-0.3, -0.25) is 4.99 Å². The van der Waals surface area contributed by atoms with Crippen molar-refractivity contribution in [1.82, 2.24) is 15.5 Å². The summed E-state index contributed by atoms with van der Waals surface area (Å²) < 4.78 is 27.9. The third-order valence-electron chi connectivity index (χ3n) is 5.19. The van der Waals surface area contributed by atoms with Crippen molar-refractivity contribution in [2.45, 2.75) is 65.0 Å². The zero-order valence-corrected chi connectivity index (χ0v) is 19.8. The highest BCUT2D eigenvalue weighted by atomic mass is 127. The molecule has 0 amide bonds. The molecule has 0 aromatic heterocycles. The number of guanidine groups is 1. The molecule has 0 saturated heterocycles. The van der Waals surface area contributed by atoms with Gasteiger partial charge in [0.15, 0.2) is 5.96 Å². The lowest BCUT2D eigenvalue weighted by Crippen LogP contribution is -2.44. The third-order valence-corrected chi connectivity index (χ3v) is 5.19. The van der Waals surface area contributed by atoms with Crippen LogP contribution in [0.1, 0.15) is 58.4 Å². The first kappa shape index (κ1) is 25.1. The van der Waals surface area contributed by atoms with E-state index < -0.39 is 11.6 Å². The average molecular weight is 508 g/mol. The number of aliphatic imine (C=N–C) groups is 1.